The first-order chi connectivity index (χ1) is 14.8. The van der Waals surface area contributed by atoms with Crippen LogP contribution in [0.2, 0.25) is 0 Å². The van der Waals surface area contributed by atoms with Gasteiger partial charge in [0.05, 0.1) is 21.8 Å². The van der Waals surface area contributed by atoms with Crippen molar-refractivity contribution in [3.05, 3.63) is 63.5 Å². The number of hydrogen-bond donors (Lipinski definition) is 1. The minimum absolute atomic E-state index is 0.0534. The van der Waals surface area contributed by atoms with Crippen molar-refractivity contribution < 1.29 is 30.8 Å². The molecule has 7 nitrogen and oxygen atoms in total. The predicted octanol–water partition coefficient (Wildman–Crippen LogP) is 4.47. The Morgan fingerprint density at radius 2 is 1.91 bits per heavy atom. The molecule has 32 heavy (non-hydrogen) atoms. The first-order valence-electron chi connectivity index (χ1n) is 9.26. The van der Waals surface area contributed by atoms with E-state index in [1.54, 1.807) is 13.0 Å². The molecular formula is C20H20F3N3O4S2. The number of furan rings is 1. The maximum absolute atomic E-state index is 12.9. The second-order valence-corrected chi connectivity index (χ2v) is 10.3. The highest BCUT2D eigenvalue weighted by molar-refractivity contribution is 7.88. The van der Waals surface area contributed by atoms with Crippen molar-refractivity contribution in [2.24, 2.45) is 0 Å². The van der Waals surface area contributed by atoms with Crippen LogP contribution in [0, 0.1) is 13.8 Å². The van der Waals surface area contributed by atoms with Gasteiger partial charge in [-0.05, 0) is 25.5 Å². The van der Waals surface area contributed by atoms with E-state index in [0.717, 1.165) is 33.8 Å². The molecule has 0 fully saturated rings. The average Bonchev–Trinajstić information content (AvgIpc) is 3.24. The van der Waals surface area contributed by atoms with Crippen LogP contribution in [0.3, 0.4) is 0 Å². The molecule has 2 aromatic heterocycles. The zero-order chi connectivity index (χ0) is 23.8. The lowest BCUT2D eigenvalue weighted by atomic mass is 10.1. The molecule has 0 atom stereocenters. The van der Waals surface area contributed by atoms with Gasteiger partial charge in [0, 0.05) is 26.6 Å². The van der Waals surface area contributed by atoms with Crippen molar-refractivity contribution in [1.82, 2.24) is 9.29 Å². The normalized spacial score (nSPS) is 12.4. The minimum atomic E-state index is -4.44. The van der Waals surface area contributed by atoms with Gasteiger partial charge in [-0.3, -0.25) is 4.79 Å². The molecule has 0 aliphatic carbocycles. The molecular weight excluding hydrogens is 467 g/mol. The lowest BCUT2D eigenvalue weighted by molar-refractivity contribution is -0.137. The number of amides is 1. The highest BCUT2D eigenvalue weighted by Crippen LogP contribution is 2.31. The Labute approximate surface area is 186 Å². The number of sulfonamides is 1. The number of rotatable bonds is 6. The van der Waals surface area contributed by atoms with E-state index in [4.69, 9.17) is 4.42 Å². The summed E-state index contributed by atoms with van der Waals surface area (Å²) in [6, 6.07) is 6.13. The lowest BCUT2D eigenvalue weighted by Gasteiger charge is -2.07. The van der Waals surface area contributed by atoms with Crippen LogP contribution in [0.15, 0.2) is 39.8 Å². The fourth-order valence-electron chi connectivity index (χ4n) is 2.83. The van der Waals surface area contributed by atoms with Crippen molar-refractivity contribution in [2.75, 3.05) is 19.4 Å². The Balaban J connectivity index is 1.79. The third-order valence-corrected chi connectivity index (χ3v) is 7.30. The molecule has 2 heterocycles. The van der Waals surface area contributed by atoms with Crippen LogP contribution in [-0.4, -0.2) is 37.7 Å². The fraction of sp³-hybridized carbons (Fsp3) is 0.300. The fourth-order valence-corrected chi connectivity index (χ4v) is 4.68. The molecule has 0 aliphatic heterocycles. The number of carbonyl (C=O) groups is 1. The molecule has 0 bridgehead atoms. The Morgan fingerprint density at radius 3 is 2.53 bits per heavy atom. The van der Waals surface area contributed by atoms with Crippen LogP contribution in [0.5, 0.6) is 0 Å². The zero-order valence-corrected chi connectivity index (χ0v) is 19.2. The zero-order valence-electron chi connectivity index (χ0n) is 17.6. The second-order valence-electron chi connectivity index (χ2n) is 7.17. The van der Waals surface area contributed by atoms with Gasteiger partial charge in [0.1, 0.15) is 10.8 Å². The SMILES string of the molecule is Cc1nc(Cc2cccc(C(F)(F)F)c2)sc1NC(=O)c1cc(S(=O)(=O)N(C)C)oc1C. The highest BCUT2D eigenvalue weighted by Gasteiger charge is 2.30. The van der Waals surface area contributed by atoms with Crippen molar-refractivity contribution in [3.8, 4) is 0 Å². The summed E-state index contributed by atoms with van der Waals surface area (Å²) in [6.45, 7) is 3.13. The van der Waals surface area contributed by atoms with Crippen LogP contribution < -0.4 is 5.32 Å². The molecule has 3 aromatic rings. The summed E-state index contributed by atoms with van der Waals surface area (Å²) in [5.74, 6) is -0.446. The van der Waals surface area contributed by atoms with E-state index in [2.05, 4.69) is 10.3 Å². The van der Waals surface area contributed by atoms with E-state index in [1.165, 1.54) is 27.1 Å². The maximum atomic E-state index is 12.9. The molecule has 0 unspecified atom stereocenters. The molecule has 1 amide bonds. The van der Waals surface area contributed by atoms with Gasteiger partial charge >= 0.3 is 6.18 Å². The van der Waals surface area contributed by atoms with Gasteiger partial charge in [-0.1, -0.05) is 18.2 Å². The number of anilines is 1. The molecule has 0 aliphatic rings. The molecule has 0 radical (unpaired) electrons. The molecule has 0 saturated carbocycles. The summed E-state index contributed by atoms with van der Waals surface area (Å²) in [7, 11) is -1.15. The van der Waals surface area contributed by atoms with Gasteiger partial charge in [-0.25, -0.2) is 17.7 Å². The number of alkyl halides is 3. The Kier molecular flexibility index (Phi) is 6.50. The maximum Gasteiger partial charge on any atom is 0.416 e. The smallest absolute Gasteiger partial charge is 0.416 e. The number of thiazole rings is 1. The van der Waals surface area contributed by atoms with E-state index in [9.17, 15) is 26.4 Å². The topological polar surface area (TPSA) is 92.5 Å². The number of halogens is 3. The van der Waals surface area contributed by atoms with E-state index in [1.807, 2.05) is 0 Å². The Bertz CT molecular complexity index is 1260. The van der Waals surface area contributed by atoms with Crippen molar-refractivity contribution in [3.63, 3.8) is 0 Å². The van der Waals surface area contributed by atoms with Crippen molar-refractivity contribution in [1.29, 1.82) is 0 Å². The number of aromatic nitrogens is 1. The minimum Gasteiger partial charge on any atom is -0.448 e. The largest absolute Gasteiger partial charge is 0.448 e. The van der Waals surface area contributed by atoms with Crippen molar-refractivity contribution in [2.45, 2.75) is 31.5 Å². The molecule has 3 rings (SSSR count). The summed E-state index contributed by atoms with van der Waals surface area (Å²) in [5, 5.41) is 3.26. The number of hydrogen-bond acceptors (Lipinski definition) is 6. The third-order valence-electron chi connectivity index (χ3n) is 4.55. The number of carbonyl (C=O) groups excluding carboxylic acids is 1. The van der Waals surface area contributed by atoms with E-state index in [0.29, 0.717) is 21.3 Å². The first-order valence-corrected chi connectivity index (χ1v) is 11.5. The number of nitrogens with zero attached hydrogens (tertiary/aromatic N) is 2. The average molecular weight is 488 g/mol. The first kappa shape index (κ1) is 24.0. The highest BCUT2D eigenvalue weighted by atomic mass is 32.2. The standard InChI is InChI=1S/C20H20F3N3O4S2/c1-11-19(25-18(27)15-10-17(30-12(15)2)32(28,29)26(3)4)31-16(24-11)9-13-6-5-7-14(8-13)20(21,22)23/h5-8,10H,9H2,1-4H3,(H,25,27). The molecule has 0 saturated heterocycles. The van der Waals surface area contributed by atoms with Gasteiger partial charge in [-0.2, -0.15) is 13.2 Å². The lowest BCUT2D eigenvalue weighted by Crippen LogP contribution is -2.21. The van der Waals surface area contributed by atoms with Crippen LogP contribution in [-0.2, 0) is 22.6 Å². The van der Waals surface area contributed by atoms with E-state index < -0.39 is 27.7 Å². The van der Waals surface area contributed by atoms with E-state index >= 15 is 0 Å². The molecule has 1 N–H and O–H groups in total. The van der Waals surface area contributed by atoms with Crippen LogP contribution in [0.4, 0.5) is 18.2 Å². The summed E-state index contributed by atoms with van der Waals surface area (Å²) < 4.78 is 69.4. The third kappa shape index (κ3) is 5.03. The number of aryl methyl sites for hydroxylation is 2. The van der Waals surface area contributed by atoms with Gasteiger partial charge in [0.25, 0.3) is 15.9 Å². The Hall–Kier alpha value is -2.70. The summed E-state index contributed by atoms with van der Waals surface area (Å²) in [5.41, 5.74) is 0.247. The van der Waals surface area contributed by atoms with Crippen LogP contribution in [0.25, 0.3) is 0 Å². The van der Waals surface area contributed by atoms with Gasteiger partial charge < -0.3 is 9.73 Å². The quantitative estimate of drug-likeness (QED) is 0.554. The summed E-state index contributed by atoms with van der Waals surface area (Å²) >= 11 is 1.13. The molecule has 0 spiro atoms. The van der Waals surface area contributed by atoms with Crippen LogP contribution in [0.1, 0.15) is 37.9 Å². The number of nitrogens with one attached hydrogen (secondary N) is 1. The number of benzene rings is 1. The second kappa shape index (κ2) is 8.68. The predicted molar refractivity (Wildman–Crippen MR) is 113 cm³/mol. The van der Waals surface area contributed by atoms with Gasteiger partial charge in [0.2, 0.25) is 5.09 Å². The summed E-state index contributed by atoms with van der Waals surface area (Å²) in [4.78, 5) is 17.0. The van der Waals surface area contributed by atoms with Crippen molar-refractivity contribution >= 4 is 32.3 Å². The molecule has 12 heteroatoms. The summed E-state index contributed by atoms with van der Waals surface area (Å²) in [6.07, 6.45) is -4.27. The van der Waals surface area contributed by atoms with Crippen LogP contribution >= 0.6 is 11.3 Å². The molecule has 1 aromatic carbocycles. The monoisotopic (exact) mass is 487 g/mol. The Morgan fingerprint density at radius 1 is 1.22 bits per heavy atom. The van der Waals surface area contributed by atoms with Gasteiger partial charge in [-0.15, -0.1) is 11.3 Å². The van der Waals surface area contributed by atoms with E-state index in [-0.39, 0.29) is 22.8 Å². The molecule has 172 valence electrons. The van der Waals surface area contributed by atoms with Gasteiger partial charge in [0.15, 0.2) is 0 Å².